The molecule has 1 N–H and O–H groups in total. The van der Waals surface area contributed by atoms with E-state index in [2.05, 4.69) is 10.3 Å². The number of benzene rings is 2. The lowest BCUT2D eigenvalue weighted by atomic mass is 10.2. The van der Waals surface area contributed by atoms with Crippen LogP contribution in [0.4, 0.5) is 8.78 Å². The van der Waals surface area contributed by atoms with Gasteiger partial charge in [0.05, 0.1) is 6.54 Å². The summed E-state index contributed by atoms with van der Waals surface area (Å²) in [7, 11) is 0. The molecule has 0 amide bonds. The predicted molar refractivity (Wildman–Crippen MR) is 71.8 cm³/mol. The Kier molecular flexibility index (Phi) is 4.40. The van der Waals surface area contributed by atoms with E-state index < -0.39 is 0 Å². The Morgan fingerprint density at radius 3 is 2.10 bits per heavy atom. The zero-order valence-electron chi connectivity index (χ0n) is 10.5. The molecule has 2 aromatic rings. The first-order chi connectivity index (χ1) is 9.69. The summed E-state index contributed by atoms with van der Waals surface area (Å²) in [6.07, 6.45) is 1.79. The topological polar surface area (TPSA) is 48.2 Å². The van der Waals surface area contributed by atoms with Crippen molar-refractivity contribution in [1.29, 1.82) is 5.26 Å². The summed E-state index contributed by atoms with van der Waals surface area (Å²) in [4.78, 5) is 4.25. The third kappa shape index (κ3) is 3.62. The Hall–Kier alpha value is -2.74. The fourth-order valence-electron chi connectivity index (χ4n) is 1.62. The summed E-state index contributed by atoms with van der Waals surface area (Å²) in [5.41, 5.74) is 1.42. The van der Waals surface area contributed by atoms with Gasteiger partial charge >= 0.3 is 0 Å². The molecule has 0 radical (unpaired) electrons. The Balaban J connectivity index is 2.19. The van der Waals surface area contributed by atoms with Crippen LogP contribution in [0.15, 0.2) is 53.5 Å². The molecule has 0 fully saturated rings. The zero-order valence-corrected chi connectivity index (χ0v) is 10.5. The van der Waals surface area contributed by atoms with Crippen molar-refractivity contribution in [3.8, 4) is 6.19 Å². The lowest BCUT2D eigenvalue weighted by molar-refractivity contribution is 0.627. The number of rotatable bonds is 3. The quantitative estimate of drug-likeness (QED) is 0.404. The van der Waals surface area contributed by atoms with E-state index in [1.165, 1.54) is 36.4 Å². The van der Waals surface area contributed by atoms with E-state index in [1.807, 2.05) is 0 Å². The first-order valence-electron chi connectivity index (χ1n) is 5.89. The number of amidine groups is 1. The second-order valence-electron chi connectivity index (χ2n) is 4.03. The molecule has 3 nitrogen and oxygen atoms in total. The van der Waals surface area contributed by atoms with Crippen LogP contribution in [0.3, 0.4) is 0 Å². The van der Waals surface area contributed by atoms with Crippen molar-refractivity contribution in [1.82, 2.24) is 5.32 Å². The SMILES string of the molecule is N#CNC(=NCc1ccc(F)cc1)c1ccc(F)cc1. The normalized spacial score (nSPS) is 10.9. The highest BCUT2D eigenvalue weighted by Crippen LogP contribution is 2.07. The minimum absolute atomic E-state index is 0.293. The third-order valence-electron chi connectivity index (χ3n) is 2.62. The lowest BCUT2D eigenvalue weighted by Crippen LogP contribution is -2.19. The summed E-state index contributed by atoms with van der Waals surface area (Å²) in [5.74, 6) is -0.327. The number of nitriles is 1. The van der Waals surface area contributed by atoms with Gasteiger partial charge in [-0.25, -0.2) is 8.78 Å². The van der Waals surface area contributed by atoms with Crippen molar-refractivity contribution >= 4 is 5.84 Å². The standard InChI is InChI=1S/C15H11F2N3/c16-13-5-1-11(2-6-13)9-19-15(20-10-18)12-3-7-14(17)8-4-12/h1-8H,9H2,(H,19,20). The second kappa shape index (κ2) is 6.43. The van der Waals surface area contributed by atoms with Crippen LogP contribution in [0.1, 0.15) is 11.1 Å². The van der Waals surface area contributed by atoms with Crippen LogP contribution in [0.5, 0.6) is 0 Å². The van der Waals surface area contributed by atoms with Gasteiger partial charge in [0.15, 0.2) is 6.19 Å². The van der Waals surface area contributed by atoms with Gasteiger partial charge < -0.3 is 0 Å². The molecule has 2 aromatic carbocycles. The molecule has 0 unspecified atom stereocenters. The van der Waals surface area contributed by atoms with E-state index in [0.717, 1.165) is 5.56 Å². The van der Waals surface area contributed by atoms with Gasteiger partial charge in [-0.15, -0.1) is 0 Å². The minimum Gasteiger partial charge on any atom is -0.277 e. The monoisotopic (exact) mass is 271 g/mol. The highest BCUT2D eigenvalue weighted by molar-refractivity contribution is 5.99. The molecule has 0 aliphatic heterocycles. The van der Waals surface area contributed by atoms with Crippen LogP contribution in [-0.2, 0) is 6.54 Å². The molecular formula is C15H11F2N3. The number of halogens is 2. The fourth-order valence-corrected chi connectivity index (χ4v) is 1.62. The van der Waals surface area contributed by atoms with Crippen LogP contribution >= 0.6 is 0 Å². The van der Waals surface area contributed by atoms with Crippen LogP contribution in [-0.4, -0.2) is 5.84 Å². The van der Waals surface area contributed by atoms with Crippen molar-refractivity contribution in [3.63, 3.8) is 0 Å². The summed E-state index contributed by atoms with van der Waals surface area (Å²) in [6, 6.07) is 11.6. The molecule has 100 valence electrons. The Morgan fingerprint density at radius 2 is 1.55 bits per heavy atom. The molecule has 0 bridgehead atoms. The number of nitrogens with one attached hydrogen (secondary N) is 1. The van der Waals surface area contributed by atoms with Crippen molar-refractivity contribution in [3.05, 3.63) is 71.3 Å². The van der Waals surface area contributed by atoms with E-state index in [4.69, 9.17) is 5.26 Å². The summed E-state index contributed by atoms with van der Waals surface area (Å²) in [5, 5.41) is 11.2. The highest BCUT2D eigenvalue weighted by Gasteiger charge is 2.03. The van der Waals surface area contributed by atoms with E-state index >= 15 is 0 Å². The largest absolute Gasteiger partial charge is 0.277 e. The molecule has 0 aliphatic rings. The Labute approximate surface area is 115 Å². The molecule has 2 rings (SSSR count). The number of nitrogens with zero attached hydrogens (tertiary/aromatic N) is 2. The first-order valence-corrected chi connectivity index (χ1v) is 5.89. The van der Waals surface area contributed by atoms with E-state index in [-0.39, 0.29) is 11.6 Å². The molecule has 0 atom stereocenters. The van der Waals surface area contributed by atoms with E-state index in [0.29, 0.717) is 17.9 Å². The third-order valence-corrected chi connectivity index (χ3v) is 2.62. The molecule has 0 saturated heterocycles. The summed E-state index contributed by atoms with van der Waals surface area (Å²) < 4.78 is 25.6. The van der Waals surface area contributed by atoms with Gasteiger partial charge in [-0.3, -0.25) is 10.3 Å². The van der Waals surface area contributed by atoms with E-state index in [1.54, 1.807) is 18.3 Å². The first kappa shape index (κ1) is 13.7. The van der Waals surface area contributed by atoms with Crippen LogP contribution in [0, 0.1) is 23.1 Å². The molecule has 0 spiro atoms. The predicted octanol–water partition coefficient (Wildman–Crippen LogP) is 2.98. The average Bonchev–Trinajstić information content (AvgIpc) is 2.46. The van der Waals surface area contributed by atoms with Gasteiger partial charge in [0.2, 0.25) is 0 Å². The van der Waals surface area contributed by atoms with Gasteiger partial charge in [-0.05, 0) is 42.0 Å². The molecule has 0 heterocycles. The van der Waals surface area contributed by atoms with E-state index in [9.17, 15) is 8.78 Å². The number of hydrogen-bond donors (Lipinski definition) is 1. The molecule has 5 heteroatoms. The molecule has 20 heavy (non-hydrogen) atoms. The van der Waals surface area contributed by atoms with Crippen molar-refractivity contribution in [2.24, 2.45) is 4.99 Å². The van der Waals surface area contributed by atoms with Gasteiger partial charge in [-0.2, -0.15) is 5.26 Å². The van der Waals surface area contributed by atoms with Gasteiger partial charge in [0, 0.05) is 5.56 Å². The Bertz CT molecular complexity index is 640. The molecule has 0 aromatic heterocycles. The van der Waals surface area contributed by atoms with Gasteiger partial charge in [0.25, 0.3) is 0 Å². The maximum Gasteiger partial charge on any atom is 0.182 e. The number of aliphatic imine (C=N–C) groups is 1. The van der Waals surface area contributed by atoms with Gasteiger partial charge in [0.1, 0.15) is 17.5 Å². The Morgan fingerprint density at radius 1 is 1.00 bits per heavy atom. The van der Waals surface area contributed by atoms with Crippen LogP contribution in [0.25, 0.3) is 0 Å². The summed E-state index contributed by atoms with van der Waals surface area (Å²) in [6.45, 7) is 0.293. The molecule has 0 saturated carbocycles. The van der Waals surface area contributed by atoms with Crippen molar-refractivity contribution < 1.29 is 8.78 Å². The average molecular weight is 271 g/mol. The van der Waals surface area contributed by atoms with Crippen LogP contribution < -0.4 is 5.32 Å². The second-order valence-corrected chi connectivity index (χ2v) is 4.03. The minimum atomic E-state index is -0.358. The highest BCUT2D eigenvalue weighted by atomic mass is 19.1. The maximum absolute atomic E-state index is 12.9. The van der Waals surface area contributed by atoms with Crippen molar-refractivity contribution in [2.75, 3.05) is 0 Å². The number of hydrogen-bond acceptors (Lipinski definition) is 2. The summed E-state index contributed by atoms with van der Waals surface area (Å²) >= 11 is 0. The zero-order chi connectivity index (χ0) is 14.4. The smallest absolute Gasteiger partial charge is 0.182 e. The maximum atomic E-state index is 12.9. The van der Waals surface area contributed by atoms with Gasteiger partial charge in [-0.1, -0.05) is 12.1 Å². The van der Waals surface area contributed by atoms with Crippen molar-refractivity contribution in [2.45, 2.75) is 6.54 Å². The lowest BCUT2D eigenvalue weighted by Gasteiger charge is -2.04. The molecule has 0 aliphatic carbocycles. The van der Waals surface area contributed by atoms with Crippen LogP contribution in [0.2, 0.25) is 0 Å². The molecular weight excluding hydrogens is 260 g/mol. The fraction of sp³-hybridized carbons (Fsp3) is 0.0667.